The zero-order valence-corrected chi connectivity index (χ0v) is 20.5. The van der Waals surface area contributed by atoms with Crippen molar-refractivity contribution in [3.8, 4) is 22.8 Å². The highest BCUT2D eigenvalue weighted by molar-refractivity contribution is 7.87. The third-order valence-electron chi connectivity index (χ3n) is 5.48. The molecule has 0 fully saturated rings. The predicted molar refractivity (Wildman–Crippen MR) is 138 cm³/mol. The van der Waals surface area contributed by atoms with E-state index in [1.54, 1.807) is 35.9 Å². The van der Waals surface area contributed by atoms with Gasteiger partial charge in [-0.15, -0.1) is 0 Å². The van der Waals surface area contributed by atoms with Gasteiger partial charge in [0.2, 0.25) is 0 Å². The summed E-state index contributed by atoms with van der Waals surface area (Å²) in [5.74, 6) is 1.41. The second-order valence-electron chi connectivity index (χ2n) is 8.13. The van der Waals surface area contributed by atoms with Gasteiger partial charge in [0.05, 0.1) is 18.6 Å². The molecule has 0 aliphatic heterocycles. The summed E-state index contributed by atoms with van der Waals surface area (Å²) >= 11 is 0. The number of imidazole rings is 1. The number of anilines is 1. The minimum Gasteiger partial charge on any atom is -0.497 e. The number of hydrogen-bond acceptors (Lipinski definition) is 5. The lowest BCUT2D eigenvalue weighted by Crippen LogP contribution is -2.31. The van der Waals surface area contributed by atoms with Crippen molar-refractivity contribution in [2.45, 2.75) is 25.6 Å². The number of rotatable bonds is 9. The Bertz CT molecular complexity index is 1340. The van der Waals surface area contributed by atoms with Crippen molar-refractivity contribution in [3.05, 3.63) is 101 Å². The maximum atomic E-state index is 13.4. The third-order valence-corrected chi connectivity index (χ3v) is 7.05. The number of ether oxygens (including phenoxy) is 1. The number of nitrogens with zero attached hydrogens (tertiary/aromatic N) is 4. The van der Waals surface area contributed by atoms with Crippen LogP contribution in [0.3, 0.4) is 0 Å². The van der Waals surface area contributed by atoms with Crippen molar-refractivity contribution >= 4 is 22.4 Å². The zero-order valence-electron chi connectivity index (χ0n) is 19.7. The molecule has 1 aromatic heterocycles. The number of nitro benzene ring substituents is 1. The van der Waals surface area contributed by atoms with Crippen molar-refractivity contribution in [1.82, 2.24) is 9.55 Å². The molecule has 3 aromatic carbocycles. The van der Waals surface area contributed by atoms with E-state index in [-0.39, 0.29) is 23.2 Å². The summed E-state index contributed by atoms with van der Waals surface area (Å²) < 4.78 is 22.1. The molecule has 4 rings (SSSR count). The second kappa shape index (κ2) is 10.5. The van der Waals surface area contributed by atoms with Crippen LogP contribution >= 0.6 is 0 Å². The Balaban J connectivity index is 1.82. The predicted octanol–water partition coefficient (Wildman–Crippen LogP) is 5.53. The standard InChI is InChI=1S/C26H26N4O4S/c1-19(2)35(33)29(18-20-9-12-23(34-3)13-10-20)25-17-22(11-14-24(25)30(31)32)28-16-15-27-26(28)21-7-5-4-6-8-21/h4-17,19H,18H2,1-3H3. The van der Waals surface area contributed by atoms with Gasteiger partial charge in [0.25, 0.3) is 5.69 Å². The highest BCUT2D eigenvalue weighted by Gasteiger charge is 2.27. The van der Waals surface area contributed by atoms with E-state index < -0.39 is 15.9 Å². The van der Waals surface area contributed by atoms with Gasteiger partial charge in [0, 0.05) is 35.0 Å². The lowest BCUT2D eigenvalue weighted by Gasteiger charge is -2.26. The van der Waals surface area contributed by atoms with Crippen LogP contribution in [0.2, 0.25) is 0 Å². The maximum Gasteiger partial charge on any atom is 0.293 e. The van der Waals surface area contributed by atoms with E-state index in [1.165, 1.54) is 6.07 Å². The Hall–Kier alpha value is -3.98. The van der Waals surface area contributed by atoms with Crippen molar-refractivity contribution in [3.63, 3.8) is 0 Å². The van der Waals surface area contributed by atoms with Crippen molar-refractivity contribution < 1.29 is 13.9 Å². The van der Waals surface area contributed by atoms with Crippen LogP contribution in [0.4, 0.5) is 11.4 Å². The molecule has 0 spiro atoms. The van der Waals surface area contributed by atoms with Crippen LogP contribution < -0.4 is 9.04 Å². The first kappa shape index (κ1) is 24.2. The van der Waals surface area contributed by atoms with Crippen LogP contribution in [-0.2, 0) is 17.5 Å². The summed E-state index contributed by atoms with van der Waals surface area (Å²) in [6, 6.07) is 21.9. The van der Waals surface area contributed by atoms with Gasteiger partial charge in [-0.3, -0.25) is 19.0 Å². The van der Waals surface area contributed by atoms with Gasteiger partial charge < -0.3 is 4.74 Å². The smallest absolute Gasteiger partial charge is 0.293 e. The molecule has 0 aliphatic carbocycles. The molecule has 0 saturated heterocycles. The molecule has 35 heavy (non-hydrogen) atoms. The average Bonchev–Trinajstić information content (AvgIpc) is 3.37. The van der Waals surface area contributed by atoms with Gasteiger partial charge in [-0.05, 0) is 43.7 Å². The fraction of sp³-hybridized carbons (Fsp3) is 0.192. The summed E-state index contributed by atoms with van der Waals surface area (Å²) in [6.45, 7) is 3.89. The van der Waals surface area contributed by atoms with Crippen LogP contribution in [0.1, 0.15) is 19.4 Å². The average molecular weight is 491 g/mol. The SMILES string of the molecule is COc1ccc(CN(c2cc(-n3ccnc3-c3ccccc3)ccc2[N+](=O)[O-])S(=O)C(C)C)cc1. The molecule has 180 valence electrons. The molecule has 0 radical (unpaired) electrons. The fourth-order valence-corrected chi connectivity index (χ4v) is 4.85. The maximum absolute atomic E-state index is 13.4. The van der Waals surface area contributed by atoms with Crippen LogP contribution in [0.15, 0.2) is 85.2 Å². The lowest BCUT2D eigenvalue weighted by atomic mass is 10.1. The molecule has 1 atom stereocenters. The van der Waals surface area contributed by atoms with Gasteiger partial charge >= 0.3 is 0 Å². The fourth-order valence-electron chi connectivity index (χ4n) is 3.73. The first-order chi connectivity index (χ1) is 16.9. The normalized spacial score (nSPS) is 11.9. The summed E-state index contributed by atoms with van der Waals surface area (Å²) in [5.41, 5.74) is 2.62. The van der Waals surface area contributed by atoms with Gasteiger partial charge in [0.1, 0.15) is 28.2 Å². The molecule has 8 nitrogen and oxygen atoms in total. The molecular formula is C26H26N4O4S. The molecule has 0 bridgehead atoms. The number of benzene rings is 3. The molecule has 0 N–H and O–H groups in total. The summed E-state index contributed by atoms with van der Waals surface area (Å²) in [5, 5.41) is 11.7. The Morgan fingerprint density at radius 1 is 1.09 bits per heavy atom. The summed E-state index contributed by atoms with van der Waals surface area (Å²) in [4.78, 5) is 16.0. The Morgan fingerprint density at radius 2 is 1.80 bits per heavy atom. The first-order valence-corrected chi connectivity index (χ1v) is 12.2. The monoisotopic (exact) mass is 490 g/mol. The highest BCUT2D eigenvalue weighted by atomic mass is 32.2. The van der Waals surface area contributed by atoms with E-state index in [9.17, 15) is 14.3 Å². The van der Waals surface area contributed by atoms with E-state index in [4.69, 9.17) is 4.74 Å². The molecule has 1 heterocycles. The topological polar surface area (TPSA) is 90.5 Å². The minimum atomic E-state index is -1.52. The van der Waals surface area contributed by atoms with Gasteiger partial charge in [0.15, 0.2) is 0 Å². The Kier molecular flexibility index (Phi) is 7.26. The third kappa shape index (κ3) is 5.25. The van der Waals surface area contributed by atoms with Crippen LogP contribution in [0.25, 0.3) is 17.1 Å². The van der Waals surface area contributed by atoms with Gasteiger partial charge in [-0.25, -0.2) is 9.19 Å². The molecule has 0 saturated carbocycles. The van der Waals surface area contributed by atoms with Gasteiger partial charge in [-0.2, -0.15) is 0 Å². The number of hydrogen-bond donors (Lipinski definition) is 0. The lowest BCUT2D eigenvalue weighted by molar-refractivity contribution is -0.384. The Labute approximate surface area is 206 Å². The second-order valence-corrected chi connectivity index (χ2v) is 10.1. The highest BCUT2D eigenvalue weighted by Crippen LogP contribution is 2.35. The number of methoxy groups -OCH3 is 1. The van der Waals surface area contributed by atoms with E-state index in [0.29, 0.717) is 17.3 Å². The van der Waals surface area contributed by atoms with Crippen molar-refractivity contribution in [2.24, 2.45) is 0 Å². The first-order valence-electron chi connectivity index (χ1n) is 11.1. The quantitative estimate of drug-likeness (QED) is 0.227. The van der Waals surface area contributed by atoms with E-state index in [0.717, 1.165) is 11.1 Å². The summed E-state index contributed by atoms with van der Waals surface area (Å²) in [7, 11) is 0.0685. The molecule has 0 amide bonds. The van der Waals surface area contributed by atoms with E-state index in [1.807, 2.05) is 73.0 Å². The molecule has 4 aromatic rings. The van der Waals surface area contributed by atoms with Crippen molar-refractivity contribution in [1.29, 1.82) is 0 Å². The molecule has 1 unspecified atom stereocenters. The summed E-state index contributed by atoms with van der Waals surface area (Å²) in [6.07, 6.45) is 3.49. The van der Waals surface area contributed by atoms with Crippen LogP contribution in [-0.4, -0.2) is 31.0 Å². The van der Waals surface area contributed by atoms with Crippen LogP contribution in [0, 0.1) is 10.1 Å². The van der Waals surface area contributed by atoms with E-state index >= 15 is 0 Å². The number of nitro groups is 1. The zero-order chi connectivity index (χ0) is 24.9. The minimum absolute atomic E-state index is 0.113. The van der Waals surface area contributed by atoms with Gasteiger partial charge in [-0.1, -0.05) is 42.5 Å². The Morgan fingerprint density at radius 3 is 2.43 bits per heavy atom. The van der Waals surface area contributed by atoms with E-state index in [2.05, 4.69) is 4.98 Å². The largest absolute Gasteiger partial charge is 0.497 e. The molecule has 9 heteroatoms. The van der Waals surface area contributed by atoms with Crippen LogP contribution in [0.5, 0.6) is 5.75 Å². The number of aromatic nitrogens is 2. The van der Waals surface area contributed by atoms with Crippen molar-refractivity contribution in [2.75, 3.05) is 11.4 Å². The molecular weight excluding hydrogens is 464 g/mol. The molecule has 0 aliphatic rings.